The molecule has 13 heteroatoms. The molecule has 0 aliphatic rings. The van der Waals surface area contributed by atoms with Crippen LogP contribution < -0.4 is 5.32 Å². The zero-order chi connectivity index (χ0) is 24.6. The Labute approximate surface area is 192 Å². The lowest BCUT2D eigenvalue weighted by atomic mass is 9.93. The highest BCUT2D eigenvalue weighted by molar-refractivity contribution is 5.73. The third-order valence-electron chi connectivity index (χ3n) is 4.55. The van der Waals surface area contributed by atoms with Crippen molar-refractivity contribution in [3.63, 3.8) is 0 Å². The Hall–Kier alpha value is -4.39. The topological polar surface area (TPSA) is 151 Å². The van der Waals surface area contributed by atoms with E-state index in [-0.39, 0.29) is 30.9 Å². The highest BCUT2D eigenvalue weighted by atomic mass is 19.1. The number of hydrogen-bond donors (Lipinski definition) is 4. The number of aliphatic carboxylic acids is 1. The van der Waals surface area contributed by atoms with E-state index in [1.807, 2.05) is 0 Å². The number of carbonyl (C=O) groups is 1. The number of aliphatic hydroxyl groups is 1. The standard InChI is InChI=1S/C13H12F2N6O.C8H9NO3/c14-10-1-2-11(12(15)3-10)13(22,4-20-8-16-6-18-20)5-21-9-17-7-19-21;10-7-4-2-1-3-6(7)9-5-8(11)12/h1-3,6-9,22H,4-5H2;1-4,9-10H,5H2,(H,11,12). The van der Waals surface area contributed by atoms with Crippen LogP contribution in [0, 0.1) is 11.6 Å². The van der Waals surface area contributed by atoms with Crippen molar-refractivity contribution in [2.75, 3.05) is 11.9 Å². The van der Waals surface area contributed by atoms with Crippen LogP contribution in [0.4, 0.5) is 14.5 Å². The number of phenols is 1. The number of anilines is 1. The van der Waals surface area contributed by atoms with Gasteiger partial charge >= 0.3 is 5.97 Å². The molecule has 11 nitrogen and oxygen atoms in total. The van der Waals surface area contributed by atoms with Gasteiger partial charge in [0.15, 0.2) is 0 Å². The molecule has 178 valence electrons. The third kappa shape index (κ3) is 6.56. The number of hydrogen-bond acceptors (Lipinski definition) is 8. The molecule has 4 rings (SSSR count). The average molecular weight is 473 g/mol. The molecule has 0 fully saturated rings. The summed E-state index contributed by atoms with van der Waals surface area (Å²) in [5.41, 5.74) is -1.32. The molecule has 0 unspecified atom stereocenters. The number of aromatic hydroxyl groups is 1. The Morgan fingerprint density at radius 1 is 1.00 bits per heavy atom. The smallest absolute Gasteiger partial charge is 0.322 e. The number of benzene rings is 2. The van der Waals surface area contributed by atoms with Gasteiger partial charge in [0.05, 0.1) is 18.8 Å². The van der Waals surface area contributed by atoms with Gasteiger partial charge in [0.25, 0.3) is 0 Å². The van der Waals surface area contributed by atoms with Crippen molar-refractivity contribution < 1.29 is 28.9 Å². The molecule has 0 bridgehead atoms. The fraction of sp³-hybridized carbons (Fsp3) is 0.190. The normalized spacial score (nSPS) is 10.9. The Kier molecular flexibility index (Phi) is 7.82. The molecule has 0 saturated carbocycles. The van der Waals surface area contributed by atoms with Crippen LogP contribution in [0.1, 0.15) is 5.56 Å². The second-order valence-electron chi connectivity index (χ2n) is 7.11. The van der Waals surface area contributed by atoms with Crippen molar-refractivity contribution in [3.05, 3.63) is 85.0 Å². The number of nitrogens with one attached hydrogen (secondary N) is 1. The van der Waals surface area contributed by atoms with E-state index in [1.54, 1.807) is 18.2 Å². The monoisotopic (exact) mass is 473 g/mol. The molecule has 2 aromatic carbocycles. The molecular weight excluding hydrogens is 452 g/mol. The van der Waals surface area contributed by atoms with Gasteiger partial charge in [-0.05, 0) is 18.2 Å². The Morgan fingerprint density at radius 2 is 1.62 bits per heavy atom. The summed E-state index contributed by atoms with van der Waals surface area (Å²) in [6.07, 6.45) is 5.40. The Morgan fingerprint density at radius 3 is 2.12 bits per heavy atom. The van der Waals surface area contributed by atoms with E-state index in [0.29, 0.717) is 5.69 Å². The minimum atomic E-state index is -1.70. The van der Waals surface area contributed by atoms with Gasteiger partial charge in [0.2, 0.25) is 0 Å². The predicted octanol–water partition coefficient (Wildman–Crippen LogP) is 1.62. The van der Waals surface area contributed by atoms with Crippen LogP contribution in [0.2, 0.25) is 0 Å². The lowest BCUT2D eigenvalue weighted by Gasteiger charge is -2.28. The minimum Gasteiger partial charge on any atom is -0.506 e. The molecule has 4 N–H and O–H groups in total. The maximum Gasteiger partial charge on any atom is 0.322 e. The SMILES string of the molecule is O=C(O)CNc1ccccc1O.OC(Cn1cncn1)(Cn1cncn1)c1ccc(F)cc1F. The third-order valence-corrected chi connectivity index (χ3v) is 4.55. The summed E-state index contributed by atoms with van der Waals surface area (Å²) >= 11 is 0. The molecule has 0 radical (unpaired) electrons. The maximum atomic E-state index is 14.1. The zero-order valence-corrected chi connectivity index (χ0v) is 17.7. The molecule has 2 aromatic heterocycles. The quantitative estimate of drug-likeness (QED) is 0.280. The number of carboxylic acids is 1. The zero-order valence-electron chi connectivity index (χ0n) is 17.7. The molecule has 0 aliphatic carbocycles. The average Bonchev–Trinajstić information content (AvgIpc) is 3.47. The summed E-state index contributed by atoms with van der Waals surface area (Å²) in [6.45, 7) is -0.345. The van der Waals surface area contributed by atoms with Crippen LogP contribution in [-0.2, 0) is 23.5 Å². The highest BCUT2D eigenvalue weighted by Crippen LogP contribution is 2.28. The van der Waals surface area contributed by atoms with Crippen molar-refractivity contribution in [1.29, 1.82) is 0 Å². The number of rotatable bonds is 8. The van der Waals surface area contributed by atoms with E-state index in [0.717, 1.165) is 12.1 Å². The molecule has 0 saturated heterocycles. The lowest BCUT2D eigenvalue weighted by Crippen LogP contribution is -2.37. The first kappa shape index (κ1) is 24.3. The van der Waals surface area contributed by atoms with Crippen molar-refractivity contribution in [2.24, 2.45) is 0 Å². The number of para-hydroxylation sites is 2. The summed E-state index contributed by atoms with van der Waals surface area (Å²) in [4.78, 5) is 17.7. The molecule has 0 aliphatic heterocycles. The second-order valence-corrected chi connectivity index (χ2v) is 7.11. The first-order valence-electron chi connectivity index (χ1n) is 9.83. The highest BCUT2D eigenvalue weighted by Gasteiger charge is 2.34. The molecule has 0 atom stereocenters. The van der Waals surface area contributed by atoms with Crippen LogP contribution in [-0.4, -0.2) is 57.4 Å². The number of nitrogens with zero attached hydrogens (tertiary/aromatic N) is 6. The first-order valence-corrected chi connectivity index (χ1v) is 9.83. The molecular formula is C21H21F2N7O4. The summed E-state index contributed by atoms with van der Waals surface area (Å²) in [5.74, 6) is -2.47. The van der Waals surface area contributed by atoms with Crippen LogP contribution in [0.25, 0.3) is 0 Å². The Bertz CT molecular complexity index is 1170. The van der Waals surface area contributed by atoms with Gasteiger partial charge in [0, 0.05) is 11.6 Å². The molecule has 0 amide bonds. The predicted molar refractivity (Wildman–Crippen MR) is 115 cm³/mol. The maximum absolute atomic E-state index is 14.1. The van der Waals surface area contributed by atoms with Crippen molar-refractivity contribution in [1.82, 2.24) is 29.5 Å². The van der Waals surface area contributed by atoms with E-state index >= 15 is 0 Å². The molecule has 2 heterocycles. The summed E-state index contributed by atoms with van der Waals surface area (Å²) < 4.78 is 29.9. The first-order chi connectivity index (χ1) is 16.3. The van der Waals surface area contributed by atoms with Crippen molar-refractivity contribution >= 4 is 11.7 Å². The van der Waals surface area contributed by atoms with Gasteiger partial charge in [0.1, 0.15) is 54.8 Å². The van der Waals surface area contributed by atoms with Gasteiger partial charge in [-0.3, -0.25) is 4.79 Å². The van der Waals surface area contributed by atoms with Crippen LogP contribution in [0.3, 0.4) is 0 Å². The van der Waals surface area contributed by atoms with Gasteiger partial charge in [-0.25, -0.2) is 28.1 Å². The number of phenolic OH excluding ortho intramolecular Hbond substituents is 1. The Balaban J connectivity index is 0.000000229. The van der Waals surface area contributed by atoms with E-state index in [2.05, 4.69) is 25.5 Å². The minimum absolute atomic E-state index is 0.0544. The summed E-state index contributed by atoms with van der Waals surface area (Å²) in [7, 11) is 0. The fourth-order valence-corrected chi connectivity index (χ4v) is 3.05. The number of halogens is 2. The van der Waals surface area contributed by atoms with Gasteiger partial charge in [-0.15, -0.1) is 0 Å². The van der Waals surface area contributed by atoms with Crippen LogP contribution in [0.15, 0.2) is 67.8 Å². The fourth-order valence-electron chi connectivity index (χ4n) is 3.05. The van der Waals surface area contributed by atoms with E-state index in [4.69, 9.17) is 10.2 Å². The van der Waals surface area contributed by atoms with Gasteiger partial charge < -0.3 is 20.6 Å². The largest absolute Gasteiger partial charge is 0.506 e. The van der Waals surface area contributed by atoms with Gasteiger partial charge in [-0.1, -0.05) is 18.2 Å². The van der Waals surface area contributed by atoms with Gasteiger partial charge in [-0.2, -0.15) is 10.2 Å². The number of aromatic nitrogens is 6. The summed E-state index contributed by atoms with van der Waals surface area (Å²) in [6, 6.07) is 9.50. The van der Waals surface area contributed by atoms with E-state index < -0.39 is 23.2 Å². The summed E-state index contributed by atoms with van der Waals surface area (Å²) in [5, 5.41) is 38.8. The van der Waals surface area contributed by atoms with E-state index in [9.17, 15) is 18.7 Å². The van der Waals surface area contributed by atoms with Crippen LogP contribution >= 0.6 is 0 Å². The molecule has 0 spiro atoms. The second kappa shape index (κ2) is 11.0. The van der Waals surface area contributed by atoms with E-state index in [1.165, 1.54) is 46.8 Å². The van der Waals surface area contributed by atoms with Crippen molar-refractivity contribution in [2.45, 2.75) is 18.7 Å². The van der Waals surface area contributed by atoms with Crippen molar-refractivity contribution in [3.8, 4) is 5.75 Å². The molecule has 4 aromatic rings. The number of carboxylic acid groups (broad SMARTS) is 1. The molecule has 34 heavy (non-hydrogen) atoms. The lowest BCUT2D eigenvalue weighted by molar-refractivity contribution is -0.134. The van der Waals surface area contributed by atoms with Crippen LogP contribution in [0.5, 0.6) is 5.75 Å².